The Balaban J connectivity index is 2.90. The number of rotatable bonds is 3. The van der Waals surface area contributed by atoms with Gasteiger partial charge in [0.05, 0.1) is 6.07 Å². The largest absolute Gasteiger partial charge is 0.325 e. The van der Waals surface area contributed by atoms with Gasteiger partial charge in [0.15, 0.2) is 0 Å². The normalized spacial score (nSPS) is 12.0. The van der Waals surface area contributed by atoms with Gasteiger partial charge in [-0.05, 0) is 30.2 Å². The van der Waals surface area contributed by atoms with Crippen molar-refractivity contribution in [1.82, 2.24) is 4.90 Å². The predicted molar refractivity (Wildman–Crippen MR) is 62.7 cm³/mol. The quantitative estimate of drug-likeness (QED) is 0.806. The van der Waals surface area contributed by atoms with Gasteiger partial charge in [0.2, 0.25) is 0 Å². The number of benzene rings is 1. The van der Waals surface area contributed by atoms with E-state index in [9.17, 15) is 9.18 Å². The van der Waals surface area contributed by atoms with Gasteiger partial charge < -0.3 is 4.90 Å². The molecule has 1 aromatic carbocycles. The van der Waals surface area contributed by atoms with Crippen molar-refractivity contribution < 1.29 is 9.18 Å². The molecular formula is C13H15FN2O. The number of nitriles is 1. The first-order valence-corrected chi connectivity index (χ1v) is 5.39. The Morgan fingerprint density at radius 3 is 2.29 bits per heavy atom. The molecule has 0 fully saturated rings. The second kappa shape index (κ2) is 5.44. The lowest BCUT2D eigenvalue weighted by atomic mass is 10.0. The van der Waals surface area contributed by atoms with Gasteiger partial charge in [0.1, 0.15) is 11.9 Å². The van der Waals surface area contributed by atoms with Gasteiger partial charge in [-0.25, -0.2) is 4.39 Å². The van der Waals surface area contributed by atoms with Crippen molar-refractivity contribution in [3.63, 3.8) is 0 Å². The van der Waals surface area contributed by atoms with E-state index in [4.69, 9.17) is 5.26 Å². The summed E-state index contributed by atoms with van der Waals surface area (Å²) in [4.78, 5) is 13.4. The highest BCUT2D eigenvalue weighted by Gasteiger charge is 2.23. The van der Waals surface area contributed by atoms with Crippen molar-refractivity contribution in [2.75, 3.05) is 7.05 Å². The standard InChI is InChI=1S/C13H15FN2O/c1-9(2)12(8-15)16(3)13(17)10-4-6-11(14)7-5-10/h4-7,9,12H,1-3H3. The lowest BCUT2D eigenvalue weighted by molar-refractivity contribution is 0.0736. The summed E-state index contributed by atoms with van der Waals surface area (Å²) in [6.07, 6.45) is 0. The molecule has 90 valence electrons. The number of nitrogens with zero attached hydrogens (tertiary/aromatic N) is 2. The Kier molecular flexibility index (Phi) is 4.22. The molecule has 0 bridgehead atoms. The Labute approximate surface area is 100 Å². The Morgan fingerprint density at radius 2 is 1.88 bits per heavy atom. The first-order chi connectivity index (χ1) is 7.97. The van der Waals surface area contributed by atoms with Crippen LogP contribution < -0.4 is 0 Å². The molecule has 1 rings (SSSR count). The second-order valence-corrected chi connectivity index (χ2v) is 4.24. The SMILES string of the molecule is CC(C)C(C#N)N(C)C(=O)c1ccc(F)cc1. The molecule has 0 spiro atoms. The van der Waals surface area contributed by atoms with E-state index < -0.39 is 6.04 Å². The molecule has 3 nitrogen and oxygen atoms in total. The highest BCUT2D eigenvalue weighted by Crippen LogP contribution is 2.13. The zero-order valence-electron chi connectivity index (χ0n) is 10.1. The summed E-state index contributed by atoms with van der Waals surface area (Å²) in [6.45, 7) is 3.75. The molecule has 0 radical (unpaired) electrons. The maximum Gasteiger partial charge on any atom is 0.254 e. The van der Waals surface area contributed by atoms with E-state index in [0.29, 0.717) is 5.56 Å². The van der Waals surface area contributed by atoms with Crippen molar-refractivity contribution in [2.45, 2.75) is 19.9 Å². The molecule has 0 saturated carbocycles. The van der Waals surface area contributed by atoms with Crippen LogP contribution in [0.25, 0.3) is 0 Å². The molecule has 17 heavy (non-hydrogen) atoms. The lowest BCUT2D eigenvalue weighted by Gasteiger charge is -2.25. The molecule has 1 unspecified atom stereocenters. The molecule has 0 heterocycles. The molecule has 0 aliphatic heterocycles. The van der Waals surface area contributed by atoms with E-state index in [2.05, 4.69) is 6.07 Å². The molecule has 0 saturated heterocycles. The maximum absolute atomic E-state index is 12.7. The average molecular weight is 234 g/mol. The summed E-state index contributed by atoms with van der Waals surface area (Å²) in [5.74, 6) is -0.607. The van der Waals surface area contributed by atoms with E-state index in [1.54, 1.807) is 7.05 Å². The Bertz CT molecular complexity index is 434. The number of hydrogen-bond acceptors (Lipinski definition) is 2. The molecule has 1 atom stereocenters. The first kappa shape index (κ1) is 13.2. The fourth-order valence-electron chi connectivity index (χ4n) is 1.61. The van der Waals surface area contributed by atoms with E-state index in [1.807, 2.05) is 13.8 Å². The van der Waals surface area contributed by atoms with Crippen molar-refractivity contribution in [3.8, 4) is 6.07 Å². The Hall–Kier alpha value is -1.89. The van der Waals surface area contributed by atoms with Gasteiger partial charge in [-0.15, -0.1) is 0 Å². The third kappa shape index (κ3) is 3.04. The maximum atomic E-state index is 12.7. The minimum absolute atomic E-state index is 0.0504. The minimum Gasteiger partial charge on any atom is -0.325 e. The summed E-state index contributed by atoms with van der Waals surface area (Å²) in [6, 6.07) is 6.92. The summed E-state index contributed by atoms with van der Waals surface area (Å²) in [5, 5.41) is 9.00. The molecule has 0 aliphatic carbocycles. The highest BCUT2D eigenvalue weighted by atomic mass is 19.1. The first-order valence-electron chi connectivity index (χ1n) is 5.39. The lowest BCUT2D eigenvalue weighted by Crippen LogP contribution is -2.39. The van der Waals surface area contributed by atoms with Crippen LogP contribution in [0.4, 0.5) is 4.39 Å². The van der Waals surface area contributed by atoms with Gasteiger partial charge in [-0.2, -0.15) is 5.26 Å². The summed E-state index contributed by atoms with van der Waals surface area (Å²) in [5.41, 5.74) is 0.384. The van der Waals surface area contributed by atoms with Crippen LogP contribution in [-0.2, 0) is 0 Å². The van der Waals surface area contributed by atoms with Gasteiger partial charge >= 0.3 is 0 Å². The molecule has 1 aromatic rings. The van der Waals surface area contributed by atoms with Crippen LogP contribution in [0.1, 0.15) is 24.2 Å². The van der Waals surface area contributed by atoms with Crippen LogP contribution in [0.15, 0.2) is 24.3 Å². The molecule has 0 aliphatic rings. The monoisotopic (exact) mass is 234 g/mol. The van der Waals surface area contributed by atoms with Gasteiger partial charge in [-0.3, -0.25) is 4.79 Å². The number of carbonyl (C=O) groups is 1. The van der Waals surface area contributed by atoms with Crippen LogP contribution >= 0.6 is 0 Å². The topological polar surface area (TPSA) is 44.1 Å². The van der Waals surface area contributed by atoms with Crippen LogP contribution in [0.2, 0.25) is 0 Å². The smallest absolute Gasteiger partial charge is 0.254 e. The van der Waals surface area contributed by atoms with Crippen molar-refractivity contribution >= 4 is 5.91 Å². The van der Waals surface area contributed by atoms with Gasteiger partial charge in [0, 0.05) is 12.6 Å². The van der Waals surface area contributed by atoms with Gasteiger partial charge in [-0.1, -0.05) is 13.8 Å². The average Bonchev–Trinajstić information content (AvgIpc) is 2.29. The third-order valence-corrected chi connectivity index (χ3v) is 2.59. The van der Waals surface area contributed by atoms with Crippen LogP contribution in [0.3, 0.4) is 0 Å². The van der Waals surface area contributed by atoms with E-state index in [-0.39, 0.29) is 17.6 Å². The Morgan fingerprint density at radius 1 is 1.35 bits per heavy atom. The van der Waals surface area contributed by atoms with E-state index in [0.717, 1.165) is 0 Å². The minimum atomic E-state index is -0.479. The summed E-state index contributed by atoms with van der Waals surface area (Å²) >= 11 is 0. The van der Waals surface area contributed by atoms with E-state index >= 15 is 0 Å². The third-order valence-electron chi connectivity index (χ3n) is 2.59. The highest BCUT2D eigenvalue weighted by molar-refractivity contribution is 5.94. The molecule has 1 amide bonds. The molecule has 0 N–H and O–H groups in total. The zero-order valence-corrected chi connectivity index (χ0v) is 10.1. The van der Waals surface area contributed by atoms with Crippen molar-refractivity contribution in [3.05, 3.63) is 35.6 Å². The number of carbonyl (C=O) groups excluding carboxylic acids is 1. The van der Waals surface area contributed by atoms with E-state index in [1.165, 1.54) is 29.2 Å². The molecule has 4 heteroatoms. The fraction of sp³-hybridized carbons (Fsp3) is 0.385. The molecular weight excluding hydrogens is 219 g/mol. The second-order valence-electron chi connectivity index (χ2n) is 4.24. The predicted octanol–water partition coefficient (Wildman–Crippen LogP) is 2.45. The summed E-state index contributed by atoms with van der Waals surface area (Å²) in [7, 11) is 1.58. The number of hydrogen-bond donors (Lipinski definition) is 0. The van der Waals surface area contributed by atoms with Crippen molar-refractivity contribution in [1.29, 1.82) is 5.26 Å². The number of amides is 1. The van der Waals surface area contributed by atoms with Crippen LogP contribution in [0, 0.1) is 23.1 Å². The van der Waals surface area contributed by atoms with Crippen LogP contribution in [-0.4, -0.2) is 23.9 Å². The van der Waals surface area contributed by atoms with Crippen molar-refractivity contribution in [2.24, 2.45) is 5.92 Å². The zero-order chi connectivity index (χ0) is 13.0. The molecule has 0 aromatic heterocycles. The number of halogens is 1. The summed E-state index contributed by atoms with van der Waals surface area (Å²) < 4.78 is 12.7. The van der Waals surface area contributed by atoms with Crippen LogP contribution in [0.5, 0.6) is 0 Å². The fourth-order valence-corrected chi connectivity index (χ4v) is 1.61. The van der Waals surface area contributed by atoms with Gasteiger partial charge in [0.25, 0.3) is 5.91 Å².